The van der Waals surface area contributed by atoms with Crippen LogP contribution in [-0.4, -0.2) is 21.6 Å². The van der Waals surface area contributed by atoms with E-state index in [2.05, 4.69) is 5.32 Å². The van der Waals surface area contributed by atoms with Crippen molar-refractivity contribution >= 4 is 23.5 Å². The summed E-state index contributed by atoms with van der Waals surface area (Å²) in [6.45, 7) is 3.92. The van der Waals surface area contributed by atoms with Gasteiger partial charge < -0.3 is 15.0 Å². The number of aryl methyl sites for hydroxylation is 1. The number of rotatable bonds is 12. The van der Waals surface area contributed by atoms with Gasteiger partial charge in [0.1, 0.15) is 6.04 Å². The van der Waals surface area contributed by atoms with Crippen LogP contribution in [0.3, 0.4) is 0 Å². The fourth-order valence-electron chi connectivity index (χ4n) is 5.08. The van der Waals surface area contributed by atoms with E-state index in [-0.39, 0.29) is 17.9 Å². The predicted octanol–water partition coefficient (Wildman–Crippen LogP) is 7.13. The number of aliphatic carboxylic acids is 1. The van der Waals surface area contributed by atoms with Crippen molar-refractivity contribution in [1.82, 2.24) is 9.88 Å². The van der Waals surface area contributed by atoms with Crippen molar-refractivity contribution in [2.45, 2.75) is 58.0 Å². The quantitative estimate of drug-likeness (QED) is 0.190. The number of carbonyl (C=O) groups excluding carboxylic acids is 1. The Morgan fingerprint density at radius 2 is 1.63 bits per heavy atom. The number of aromatic nitrogens is 1. The summed E-state index contributed by atoms with van der Waals surface area (Å²) in [6.07, 6.45) is 3.78. The highest BCUT2D eigenvalue weighted by molar-refractivity contribution is 6.31. The standard InChI is InChI=1S/C34H35ClN2O4/c1-3-4-17-31(37-22-23(2)18-28(34(37)41)20-26-13-8-9-16-29(26)35)33(40)36-30(21-32(38)39)27-15-10-14-25(19-27)24-11-6-5-7-12-24/h5-16,18-19,22,30-31H,3-4,17,20-21H2,1-2H3,(H,36,40)(H,38,39)/t30-,31-/m0/s1. The monoisotopic (exact) mass is 570 g/mol. The van der Waals surface area contributed by atoms with Crippen LogP contribution in [0.25, 0.3) is 11.1 Å². The van der Waals surface area contributed by atoms with Gasteiger partial charge >= 0.3 is 5.97 Å². The molecule has 0 unspecified atom stereocenters. The lowest BCUT2D eigenvalue weighted by atomic mass is 9.97. The topological polar surface area (TPSA) is 88.4 Å². The van der Waals surface area contributed by atoms with Gasteiger partial charge in [0.05, 0.1) is 12.5 Å². The van der Waals surface area contributed by atoms with Crippen LogP contribution in [0, 0.1) is 6.92 Å². The first-order valence-corrected chi connectivity index (χ1v) is 14.3. The molecule has 1 aromatic heterocycles. The lowest BCUT2D eigenvalue weighted by Gasteiger charge is -2.25. The van der Waals surface area contributed by atoms with Crippen LogP contribution in [0.2, 0.25) is 5.02 Å². The maximum absolute atomic E-state index is 13.9. The number of amides is 1. The van der Waals surface area contributed by atoms with Gasteiger partial charge in [-0.2, -0.15) is 0 Å². The van der Waals surface area contributed by atoms with E-state index in [0.29, 0.717) is 29.0 Å². The van der Waals surface area contributed by atoms with Gasteiger partial charge in [-0.3, -0.25) is 14.4 Å². The Morgan fingerprint density at radius 3 is 2.34 bits per heavy atom. The minimum atomic E-state index is -1.03. The molecule has 7 heteroatoms. The number of pyridine rings is 1. The van der Waals surface area contributed by atoms with Crippen LogP contribution in [0.5, 0.6) is 0 Å². The summed E-state index contributed by atoms with van der Waals surface area (Å²) in [6, 6.07) is 25.0. The van der Waals surface area contributed by atoms with Crippen LogP contribution in [0.4, 0.5) is 0 Å². The maximum atomic E-state index is 13.9. The van der Waals surface area contributed by atoms with Crippen molar-refractivity contribution in [3.63, 3.8) is 0 Å². The second-order valence-corrected chi connectivity index (χ2v) is 10.7. The van der Waals surface area contributed by atoms with Crippen LogP contribution < -0.4 is 10.9 Å². The summed E-state index contributed by atoms with van der Waals surface area (Å²) in [5.74, 6) is -1.41. The molecule has 6 nitrogen and oxygen atoms in total. The summed E-state index contributed by atoms with van der Waals surface area (Å²) in [5.41, 5.74) is 4.57. The molecule has 4 aromatic rings. The van der Waals surface area contributed by atoms with Gasteiger partial charge in [-0.1, -0.05) is 98.1 Å². The number of benzene rings is 3. The molecule has 41 heavy (non-hydrogen) atoms. The number of hydrogen-bond acceptors (Lipinski definition) is 3. The summed E-state index contributed by atoms with van der Waals surface area (Å²) in [5, 5.41) is 13.3. The zero-order valence-electron chi connectivity index (χ0n) is 23.3. The van der Waals surface area contributed by atoms with E-state index in [1.807, 2.05) is 92.7 Å². The van der Waals surface area contributed by atoms with E-state index in [1.165, 1.54) is 4.57 Å². The largest absolute Gasteiger partial charge is 0.481 e. The normalized spacial score (nSPS) is 12.5. The Hall–Kier alpha value is -4.16. The average molecular weight is 571 g/mol. The minimum Gasteiger partial charge on any atom is -0.481 e. The molecule has 2 N–H and O–H groups in total. The second-order valence-electron chi connectivity index (χ2n) is 10.3. The lowest BCUT2D eigenvalue weighted by molar-refractivity contribution is -0.137. The van der Waals surface area contributed by atoms with Gasteiger partial charge in [0.15, 0.2) is 0 Å². The molecule has 0 fully saturated rings. The first-order chi connectivity index (χ1) is 19.8. The summed E-state index contributed by atoms with van der Waals surface area (Å²) in [4.78, 5) is 39.5. The Bertz CT molecular complexity index is 1560. The Balaban J connectivity index is 1.68. The summed E-state index contributed by atoms with van der Waals surface area (Å²) < 4.78 is 1.50. The molecule has 3 aromatic carbocycles. The van der Waals surface area contributed by atoms with E-state index in [9.17, 15) is 19.5 Å². The van der Waals surface area contributed by atoms with Crippen molar-refractivity contribution in [3.8, 4) is 11.1 Å². The molecular weight excluding hydrogens is 536 g/mol. The number of halogens is 1. The number of carboxylic acid groups (broad SMARTS) is 1. The molecule has 1 amide bonds. The van der Waals surface area contributed by atoms with Crippen LogP contribution in [0.15, 0.2) is 95.9 Å². The van der Waals surface area contributed by atoms with Crippen molar-refractivity contribution in [2.75, 3.05) is 0 Å². The summed E-state index contributed by atoms with van der Waals surface area (Å²) >= 11 is 6.37. The van der Waals surface area contributed by atoms with E-state index in [0.717, 1.165) is 35.1 Å². The number of nitrogens with one attached hydrogen (secondary N) is 1. The molecule has 0 radical (unpaired) electrons. The lowest BCUT2D eigenvalue weighted by Crippen LogP contribution is -2.40. The van der Waals surface area contributed by atoms with Gasteiger partial charge in [-0.15, -0.1) is 0 Å². The number of hydrogen-bond donors (Lipinski definition) is 2. The van der Waals surface area contributed by atoms with E-state index in [4.69, 9.17) is 11.6 Å². The molecule has 4 rings (SSSR count). The minimum absolute atomic E-state index is 0.257. The van der Waals surface area contributed by atoms with Gasteiger partial charge in [0.25, 0.3) is 5.56 Å². The first-order valence-electron chi connectivity index (χ1n) is 13.9. The molecule has 212 valence electrons. The van der Waals surface area contributed by atoms with Crippen molar-refractivity contribution in [1.29, 1.82) is 0 Å². The van der Waals surface area contributed by atoms with Crippen LogP contribution >= 0.6 is 11.6 Å². The zero-order valence-corrected chi connectivity index (χ0v) is 24.1. The molecule has 0 saturated carbocycles. The first kappa shape index (κ1) is 29.8. The molecule has 0 aliphatic rings. The summed E-state index contributed by atoms with van der Waals surface area (Å²) in [7, 11) is 0. The number of unbranched alkanes of at least 4 members (excludes halogenated alkanes) is 1. The molecule has 0 saturated heterocycles. The molecular formula is C34H35ClN2O4. The Kier molecular flexibility index (Phi) is 10.1. The van der Waals surface area contributed by atoms with Gasteiger partial charge in [-0.05, 0) is 59.4 Å². The van der Waals surface area contributed by atoms with Crippen LogP contribution in [-0.2, 0) is 16.0 Å². The highest BCUT2D eigenvalue weighted by Crippen LogP contribution is 2.26. The van der Waals surface area contributed by atoms with Crippen molar-refractivity contribution < 1.29 is 14.7 Å². The number of carboxylic acids is 1. The molecule has 0 aliphatic heterocycles. The van der Waals surface area contributed by atoms with Crippen LogP contribution in [0.1, 0.15) is 66.9 Å². The van der Waals surface area contributed by atoms with E-state index < -0.39 is 18.1 Å². The molecule has 0 spiro atoms. The number of carbonyl (C=O) groups is 2. The van der Waals surface area contributed by atoms with Gasteiger partial charge in [0, 0.05) is 23.2 Å². The van der Waals surface area contributed by atoms with E-state index >= 15 is 0 Å². The molecule has 1 heterocycles. The maximum Gasteiger partial charge on any atom is 0.305 e. The number of nitrogens with zero attached hydrogens (tertiary/aromatic N) is 1. The zero-order chi connectivity index (χ0) is 29.4. The third kappa shape index (κ3) is 7.74. The fourth-order valence-corrected chi connectivity index (χ4v) is 5.28. The van der Waals surface area contributed by atoms with Crippen molar-refractivity contribution in [2.24, 2.45) is 0 Å². The van der Waals surface area contributed by atoms with Gasteiger partial charge in [0.2, 0.25) is 5.91 Å². The van der Waals surface area contributed by atoms with Crippen molar-refractivity contribution in [3.05, 3.63) is 129 Å². The fraction of sp³-hybridized carbons (Fsp3) is 0.265. The molecule has 0 aliphatic carbocycles. The third-order valence-corrected chi connectivity index (χ3v) is 7.52. The third-order valence-electron chi connectivity index (χ3n) is 7.15. The van der Waals surface area contributed by atoms with E-state index in [1.54, 1.807) is 12.3 Å². The smallest absolute Gasteiger partial charge is 0.305 e. The highest BCUT2D eigenvalue weighted by atomic mass is 35.5. The highest BCUT2D eigenvalue weighted by Gasteiger charge is 2.27. The molecule has 0 bridgehead atoms. The van der Waals surface area contributed by atoms with Gasteiger partial charge in [-0.25, -0.2) is 0 Å². The Morgan fingerprint density at radius 1 is 0.927 bits per heavy atom. The SMILES string of the molecule is CCCC[C@@H](C(=O)N[C@@H](CC(=O)O)c1cccc(-c2ccccc2)c1)n1cc(C)cc(Cc2ccccc2Cl)c1=O. The molecule has 2 atom stereocenters. The second kappa shape index (κ2) is 14.0. The Labute approximate surface area is 245 Å². The predicted molar refractivity (Wildman–Crippen MR) is 163 cm³/mol. The average Bonchev–Trinajstić information content (AvgIpc) is 2.96.